The van der Waals surface area contributed by atoms with Crippen LogP contribution in [0.25, 0.3) is 21.2 Å². The summed E-state index contributed by atoms with van der Waals surface area (Å²) in [5, 5.41) is 0.936. The molecule has 8 heteroatoms. The molecule has 0 bridgehead atoms. The van der Waals surface area contributed by atoms with Crippen LogP contribution in [0.4, 0.5) is 5.13 Å². The maximum absolute atomic E-state index is 13.9. The van der Waals surface area contributed by atoms with Crippen LogP contribution in [0.3, 0.4) is 0 Å². The zero-order valence-corrected chi connectivity index (χ0v) is 21.6. The quantitative estimate of drug-likeness (QED) is 0.280. The number of carbonyl (C=O) groups excluding carboxylic acids is 1. The van der Waals surface area contributed by atoms with Gasteiger partial charge in [-0.2, -0.15) is 0 Å². The maximum Gasteiger partial charge on any atom is 0.297 e. The zero-order valence-electron chi connectivity index (χ0n) is 20.8. The van der Waals surface area contributed by atoms with Gasteiger partial charge in [-0.05, 0) is 68.3 Å². The van der Waals surface area contributed by atoms with Crippen molar-refractivity contribution in [2.24, 2.45) is 0 Å². The third kappa shape index (κ3) is 3.67. The van der Waals surface area contributed by atoms with Gasteiger partial charge in [0.2, 0.25) is 5.76 Å². The summed E-state index contributed by atoms with van der Waals surface area (Å²) in [6.07, 6.45) is 0. The van der Waals surface area contributed by atoms with Gasteiger partial charge in [0.15, 0.2) is 22.1 Å². The number of fused-ring (bicyclic) bond motifs is 3. The zero-order chi connectivity index (χ0) is 25.8. The van der Waals surface area contributed by atoms with Crippen LogP contribution in [0.15, 0.2) is 63.8 Å². The predicted octanol–water partition coefficient (Wildman–Crippen LogP) is 6.18. The molecule has 186 valence electrons. The molecule has 6 rings (SSSR count). The lowest BCUT2D eigenvalue weighted by Gasteiger charge is -2.23. The van der Waals surface area contributed by atoms with Gasteiger partial charge in [-0.15, -0.1) is 0 Å². The molecule has 7 nitrogen and oxygen atoms in total. The largest absolute Gasteiger partial charge is 0.493 e. The van der Waals surface area contributed by atoms with Crippen LogP contribution in [0.5, 0.6) is 11.5 Å². The highest BCUT2D eigenvalue weighted by atomic mass is 32.1. The van der Waals surface area contributed by atoms with Crippen molar-refractivity contribution in [2.75, 3.05) is 18.6 Å². The van der Waals surface area contributed by atoms with E-state index in [0.29, 0.717) is 45.3 Å². The maximum atomic E-state index is 13.9. The number of anilines is 1. The van der Waals surface area contributed by atoms with Crippen molar-refractivity contribution < 1.29 is 18.7 Å². The third-order valence-electron chi connectivity index (χ3n) is 6.57. The molecule has 3 heterocycles. The molecule has 1 atom stereocenters. The van der Waals surface area contributed by atoms with Gasteiger partial charge in [0.05, 0.1) is 40.9 Å². The first-order valence-corrected chi connectivity index (χ1v) is 12.8. The average molecular weight is 513 g/mol. The predicted molar refractivity (Wildman–Crippen MR) is 144 cm³/mol. The van der Waals surface area contributed by atoms with E-state index in [0.717, 1.165) is 21.3 Å². The van der Waals surface area contributed by atoms with Gasteiger partial charge in [0.1, 0.15) is 5.58 Å². The lowest BCUT2D eigenvalue weighted by atomic mass is 9.98. The minimum absolute atomic E-state index is 0.0367. The second kappa shape index (κ2) is 8.74. The number of thiazole rings is 1. The van der Waals surface area contributed by atoms with Gasteiger partial charge >= 0.3 is 0 Å². The van der Waals surface area contributed by atoms with Crippen molar-refractivity contribution in [2.45, 2.75) is 26.8 Å². The van der Waals surface area contributed by atoms with Crippen LogP contribution in [0.1, 0.15) is 45.8 Å². The van der Waals surface area contributed by atoms with Gasteiger partial charge < -0.3 is 13.9 Å². The van der Waals surface area contributed by atoms with E-state index in [1.54, 1.807) is 30.2 Å². The summed E-state index contributed by atoms with van der Waals surface area (Å²) < 4.78 is 18.3. The Morgan fingerprint density at radius 3 is 2.57 bits per heavy atom. The van der Waals surface area contributed by atoms with Crippen LogP contribution < -0.4 is 19.8 Å². The molecule has 0 aliphatic carbocycles. The van der Waals surface area contributed by atoms with Gasteiger partial charge in [0.25, 0.3) is 5.91 Å². The van der Waals surface area contributed by atoms with E-state index >= 15 is 0 Å². The number of ether oxygens (including phenoxy) is 2. The molecule has 5 aromatic rings. The number of nitrogens with zero attached hydrogens (tertiary/aromatic N) is 2. The Kier molecular flexibility index (Phi) is 5.49. The molecule has 1 aliphatic heterocycles. The summed E-state index contributed by atoms with van der Waals surface area (Å²) in [5.41, 5.74) is 3.97. The Morgan fingerprint density at radius 1 is 1.00 bits per heavy atom. The summed E-state index contributed by atoms with van der Waals surface area (Å²) in [7, 11) is 1.56. The third-order valence-corrected chi connectivity index (χ3v) is 7.59. The SMILES string of the molecule is CCOc1ccc([C@H]2c3c(oc4ccc(C)cc4c3=O)C(=O)N2c2nc3ccc(C)cc3s2)cc1OC. The molecule has 1 aliphatic rings. The van der Waals surface area contributed by atoms with Crippen molar-refractivity contribution in [3.8, 4) is 11.5 Å². The first-order valence-electron chi connectivity index (χ1n) is 12.0. The van der Waals surface area contributed by atoms with E-state index in [2.05, 4.69) is 0 Å². The summed E-state index contributed by atoms with van der Waals surface area (Å²) in [6.45, 7) is 6.31. The highest BCUT2D eigenvalue weighted by Crippen LogP contribution is 2.45. The van der Waals surface area contributed by atoms with Gasteiger partial charge in [-0.1, -0.05) is 35.1 Å². The Morgan fingerprint density at radius 2 is 1.78 bits per heavy atom. The van der Waals surface area contributed by atoms with Crippen molar-refractivity contribution in [3.63, 3.8) is 0 Å². The van der Waals surface area contributed by atoms with Crippen LogP contribution in [0.2, 0.25) is 0 Å². The number of methoxy groups -OCH3 is 1. The fourth-order valence-electron chi connectivity index (χ4n) is 4.85. The topological polar surface area (TPSA) is 81.9 Å². The number of hydrogen-bond acceptors (Lipinski definition) is 7. The van der Waals surface area contributed by atoms with E-state index in [-0.39, 0.29) is 11.2 Å². The minimum Gasteiger partial charge on any atom is -0.493 e. The Labute approximate surface area is 216 Å². The Hall–Kier alpha value is -4.17. The van der Waals surface area contributed by atoms with E-state index in [4.69, 9.17) is 18.9 Å². The van der Waals surface area contributed by atoms with E-state index in [9.17, 15) is 9.59 Å². The van der Waals surface area contributed by atoms with E-state index < -0.39 is 11.9 Å². The number of benzene rings is 3. The van der Waals surface area contributed by atoms with Gasteiger partial charge in [-0.3, -0.25) is 14.5 Å². The average Bonchev–Trinajstić information content (AvgIpc) is 3.43. The molecule has 0 fully saturated rings. The molecule has 0 spiro atoms. The smallest absolute Gasteiger partial charge is 0.297 e. The summed E-state index contributed by atoms with van der Waals surface area (Å²) in [4.78, 5) is 34.2. The molecular weight excluding hydrogens is 488 g/mol. The van der Waals surface area contributed by atoms with Crippen LogP contribution >= 0.6 is 11.3 Å². The molecule has 0 saturated heterocycles. The number of rotatable bonds is 5. The minimum atomic E-state index is -0.741. The lowest BCUT2D eigenvalue weighted by Crippen LogP contribution is -2.29. The highest BCUT2D eigenvalue weighted by molar-refractivity contribution is 7.22. The molecule has 37 heavy (non-hydrogen) atoms. The number of aryl methyl sites for hydroxylation is 2. The monoisotopic (exact) mass is 512 g/mol. The lowest BCUT2D eigenvalue weighted by molar-refractivity contribution is 0.0971. The normalized spacial score (nSPS) is 15.0. The first kappa shape index (κ1) is 23.2. The molecule has 1 amide bonds. The van der Waals surface area contributed by atoms with Gasteiger partial charge in [0, 0.05) is 0 Å². The molecular formula is C29H24N2O5S. The Bertz CT molecular complexity index is 1770. The van der Waals surface area contributed by atoms with E-state index in [1.807, 2.05) is 57.2 Å². The summed E-state index contributed by atoms with van der Waals surface area (Å²) >= 11 is 1.41. The van der Waals surface area contributed by atoms with Crippen molar-refractivity contribution in [1.29, 1.82) is 0 Å². The molecule has 3 aromatic carbocycles. The summed E-state index contributed by atoms with van der Waals surface area (Å²) in [5.74, 6) is 0.737. The molecule has 0 saturated carbocycles. The second-order valence-electron chi connectivity index (χ2n) is 9.06. The number of aromatic nitrogens is 1. The molecule has 0 unspecified atom stereocenters. The van der Waals surface area contributed by atoms with Crippen molar-refractivity contribution in [3.05, 3.63) is 92.8 Å². The van der Waals surface area contributed by atoms with E-state index in [1.165, 1.54) is 11.3 Å². The molecule has 2 aromatic heterocycles. The standard InChI is InChI=1S/C29H24N2O5S/c1-5-35-21-11-8-17(14-22(21)34-4)25-24-26(32)18-12-15(2)7-10-20(18)36-27(24)28(33)31(25)29-30-19-9-6-16(3)13-23(19)37-29/h6-14,25H,5H2,1-4H3/t25-/m0/s1. The van der Waals surface area contributed by atoms with Crippen LogP contribution in [0, 0.1) is 13.8 Å². The highest BCUT2D eigenvalue weighted by Gasteiger charge is 2.45. The first-order chi connectivity index (χ1) is 17.9. The second-order valence-corrected chi connectivity index (χ2v) is 10.1. The van der Waals surface area contributed by atoms with Crippen molar-refractivity contribution in [1.82, 2.24) is 4.98 Å². The molecule has 0 N–H and O–H groups in total. The molecule has 0 radical (unpaired) electrons. The van der Waals surface area contributed by atoms with Crippen LogP contribution in [-0.2, 0) is 0 Å². The number of hydrogen-bond donors (Lipinski definition) is 0. The van der Waals surface area contributed by atoms with Crippen LogP contribution in [-0.4, -0.2) is 24.6 Å². The Balaban J connectivity index is 1.62. The fraction of sp³-hybridized carbons (Fsp3) is 0.207. The number of carbonyl (C=O) groups is 1. The fourth-order valence-corrected chi connectivity index (χ4v) is 5.94. The summed E-state index contributed by atoms with van der Waals surface area (Å²) in [6, 6.07) is 16.1. The van der Waals surface area contributed by atoms with Crippen molar-refractivity contribution >= 4 is 43.6 Å². The van der Waals surface area contributed by atoms with Gasteiger partial charge in [-0.25, -0.2) is 4.98 Å². The number of amides is 1.